The lowest BCUT2D eigenvalue weighted by atomic mass is 9.87. The Bertz CT molecular complexity index is 1380. The van der Waals surface area contributed by atoms with Gasteiger partial charge in [0.05, 0.1) is 16.2 Å². The number of hydrogen-bond acceptors (Lipinski definition) is 5. The molecule has 1 aliphatic rings. The maximum absolute atomic E-state index is 14.0. The van der Waals surface area contributed by atoms with E-state index in [-0.39, 0.29) is 17.7 Å². The van der Waals surface area contributed by atoms with E-state index in [9.17, 15) is 9.59 Å². The molecular formula is C30H31N3O2S. The van der Waals surface area contributed by atoms with Crippen molar-refractivity contribution in [2.75, 3.05) is 6.54 Å². The molecule has 1 aliphatic heterocycles. The average molecular weight is 498 g/mol. The van der Waals surface area contributed by atoms with Gasteiger partial charge in [0.15, 0.2) is 5.78 Å². The van der Waals surface area contributed by atoms with Gasteiger partial charge < -0.3 is 4.90 Å². The van der Waals surface area contributed by atoms with E-state index in [1.165, 1.54) is 11.3 Å². The van der Waals surface area contributed by atoms with E-state index in [1.54, 1.807) is 6.20 Å². The zero-order valence-electron chi connectivity index (χ0n) is 20.8. The minimum atomic E-state index is 0.0400. The first-order chi connectivity index (χ1) is 17.5. The van der Waals surface area contributed by atoms with Crippen LogP contribution in [0.15, 0.2) is 66.9 Å². The van der Waals surface area contributed by atoms with E-state index in [0.29, 0.717) is 29.2 Å². The Kier molecular flexibility index (Phi) is 7.23. The third-order valence-corrected chi connectivity index (χ3v) is 8.21. The first-order valence-corrected chi connectivity index (χ1v) is 13.6. The van der Waals surface area contributed by atoms with E-state index in [0.717, 1.165) is 53.0 Å². The third-order valence-electron chi connectivity index (χ3n) is 7.26. The lowest BCUT2D eigenvalue weighted by Gasteiger charge is -2.39. The van der Waals surface area contributed by atoms with Crippen LogP contribution in [0.4, 0.5) is 0 Å². The highest BCUT2D eigenvalue weighted by atomic mass is 32.1. The Morgan fingerprint density at radius 1 is 1.03 bits per heavy atom. The molecule has 3 heterocycles. The third kappa shape index (κ3) is 4.96. The van der Waals surface area contributed by atoms with Crippen LogP contribution in [0.3, 0.4) is 0 Å². The van der Waals surface area contributed by atoms with Gasteiger partial charge in [0.2, 0.25) is 0 Å². The monoisotopic (exact) mass is 497 g/mol. The van der Waals surface area contributed by atoms with Crippen LogP contribution < -0.4 is 0 Å². The number of carbonyl (C=O) groups excluding carboxylic acids is 2. The summed E-state index contributed by atoms with van der Waals surface area (Å²) in [6.45, 7) is 4.87. The number of likely N-dealkylation sites (tertiary alicyclic amines) is 1. The number of amides is 1. The topological polar surface area (TPSA) is 63.2 Å². The molecule has 0 bridgehead atoms. The maximum Gasteiger partial charge on any atom is 0.266 e. The summed E-state index contributed by atoms with van der Waals surface area (Å²) in [5, 5.41) is 1.86. The van der Waals surface area contributed by atoms with Crippen molar-refractivity contribution in [3.63, 3.8) is 0 Å². The van der Waals surface area contributed by atoms with Crippen molar-refractivity contribution >= 4 is 33.9 Å². The average Bonchev–Trinajstić information content (AvgIpc) is 3.33. The van der Waals surface area contributed by atoms with Crippen LogP contribution in [0.25, 0.3) is 22.2 Å². The van der Waals surface area contributed by atoms with Gasteiger partial charge in [0.25, 0.3) is 5.91 Å². The van der Waals surface area contributed by atoms with E-state index >= 15 is 0 Å². The van der Waals surface area contributed by atoms with Crippen molar-refractivity contribution in [3.8, 4) is 11.3 Å². The number of carbonyl (C=O) groups is 2. The number of thiazole rings is 1. The number of aromatic nitrogens is 2. The number of rotatable bonds is 7. The Morgan fingerprint density at radius 2 is 1.83 bits per heavy atom. The lowest BCUT2D eigenvalue weighted by molar-refractivity contribution is 0.0509. The molecule has 2 aromatic carbocycles. The molecule has 2 atom stereocenters. The molecule has 1 amide bonds. The summed E-state index contributed by atoms with van der Waals surface area (Å²) in [6.07, 6.45) is 5.83. The van der Waals surface area contributed by atoms with Crippen molar-refractivity contribution < 1.29 is 9.59 Å². The van der Waals surface area contributed by atoms with Crippen molar-refractivity contribution in [2.24, 2.45) is 5.92 Å². The number of hydrogen-bond donors (Lipinski definition) is 0. The summed E-state index contributed by atoms with van der Waals surface area (Å²) in [4.78, 5) is 39.1. The Balaban J connectivity index is 1.38. The minimum absolute atomic E-state index is 0.0400. The molecule has 0 saturated carbocycles. The molecule has 0 radical (unpaired) electrons. The van der Waals surface area contributed by atoms with Crippen LogP contribution in [0.2, 0.25) is 0 Å². The highest BCUT2D eigenvalue weighted by Crippen LogP contribution is 2.34. The van der Waals surface area contributed by atoms with E-state index in [2.05, 4.69) is 11.9 Å². The zero-order chi connectivity index (χ0) is 25.1. The number of piperidine rings is 1. The predicted octanol–water partition coefficient (Wildman–Crippen LogP) is 6.96. The molecule has 2 unspecified atom stereocenters. The van der Waals surface area contributed by atoms with Crippen LogP contribution in [0.5, 0.6) is 0 Å². The molecule has 1 fully saturated rings. The normalized spacial score (nSPS) is 17.9. The maximum atomic E-state index is 14.0. The smallest absolute Gasteiger partial charge is 0.266 e. The molecule has 0 aliphatic carbocycles. The van der Waals surface area contributed by atoms with Gasteiger partial charge in [0.1, 0.15) is 4.88 Å². The number of Topliss-reactive ketones (excluding diaryl/α,β-unsaturated/α-hetero) is 1. The van der Waals surface area contributed by atoms with Gasteiger partial charge in [0, 0.05) is 41.7 Å². The second-order valence-corrected chi connectivity index (χ2v) is 10.8. The lowest BCUT2D eigenvalue weighted by Crippen LogP contribution is -2.47. The largest absolute Gasteiger partial charge is 0.335 e. The number of fused-ring (bicyclic) bond motifs is 1. The van der Waals surface area contributed by atoms with Crippen LogP contribution in [-0.4, -0.2) is 39.1 Å². The van der Waals surface area contributed by atoms with Crippen LogP contribution in [0.1, 0.15) is 64.1 Å². The Hall–Kier alpha value is -3.38. The number of para-hydroxylation sites is 1. The molecule has 5 nitrogen and oxygen atoms in total. The van der Waals surface area contributed by atoms with Crippen molar-refractivity contribution in [2.45, 2.75) is 52.0 Å². The summed E-state index contributed by atoms with van der Waals surface area (Å²) in [6, 6.07) is 19.6. The van der Waals surface area contributed by atoms with Gasteiger partial charge in [-0.1, -0.05) is 61.9 Å². The molecule has 2 aromatic heterocycles. The number of benzene rings is 2. The van der Waals surface area contributed by atoms with E-state index in [1.807, 2.05) is 72.5 Å². The number of nitrogens with zero attached hydrogens (tertiary/aromatic N) is 3. The minimum Gasteiger partial charge on any atom is -0.335 e. The molecule has 36 heavy (non-hydrogen) atoms. The fraction of sp³-hybridized carbons (Fsp3) is 0.333. The van der Waals surface area contributed by atoms with Crippen molar-refractivity contribution in [3.05, 3.63) is 82.3 Å². The predicted molar refractivity (Wildman–Crippen MR) is 145 cm³/mol. The van der Waals surface area contributed by atoms with Gasteiger partial charge in [-0.15, -0.1) is 11.3 Å². The number of ketones is 1. The SMILES string of the molecule is CCC1CCC(CCC(=O)c2cccc3cccnc23)N(C(=O)c2sc(C)nc2-c2ccccc2)C1. The standard InChI is InChI=1S/C30H31N3O2S/c1-3-21-14-15-24(16-17-26(34)25-13-7-11-22-12-8-18-31-27(22)25)33(19-21)30(35)29-28(32-20(2)36-29)23-9-5-4-6-10-23/h4-13,18,21,24H,3,14-17,19H2,1-2H3. The van der Waals surface area contributed by atoms with Crippen LogP contribution >= 0.6 is 11.3 Å². The Labute approximate surface area is 216 Å². The molecule has 0 N–H and O–H groups in total. The fourth-order valence-electron chi connectivity index (χ4n) is 5.24. The number of aryl methyl sites for hydroxylation is 1. The molecule has 4 aromatic rings. The molecule has 6 heteroatoms. The summed E-state index contributed by atoms with van der Waals surface area (Å²) in [7, 11) is 0. The molecule has 1 saturated heterocycles. The van der Waals surface area contributed by atoms with Crippen LogP contribution in [0, 0.1) is 12.8 Å². The first kappa shape index (κ1) is 24.3. The number of pyridine rings is 1. The van der Waals surface area contributed by atoms with Gasteiger partial charge >= 0.3 is 0 Å². The Morgan fingerprint density at radius 3 is 2.64 bits per heavy atom. The van der Waals surface area contributed by atoms with E-state index < -0.39 is 0 Å². The van der Waals surface area contributed by atoms with Crippen LogP contribution in [-0.2, 0) is 0 Å². The van der Waals surface area contributed by atoms with Gasteiger partial charge in [-0.2, -0.15) is 0 Å². The molecular weight excluding hydrogens is 466 g/mol. The molecule has 0 spiro atoms. The summed E-state index contributed by atoms with van der Waals surface area (Å²) >= 11 is 1.47. The zero-order valence-corrected chi connectivity index (χ0v) is 21.6. The fourth-order valence-corrected chi connectivity index (χ4v) is 6.14. The van der Waals surface area contributed by atoms with Gasteiger partial charge in [-0.05, 0) is 44.2 Å². The summed E-state index contributed by atoms with van der Waals surface area (Å²) < 4.78 is 0. The van der Waals surface area contributed by atoms with Gasteiger partial charge in [-0.3, -0.25) is 14.6 Å². The summed E-state index contributed by atoms with van der Waals surface area (Å²) in [5.74, 6) is 0.613. The second kappa shape index (κ2) is 10.7. The van der Waals surface area contributed by atoms with Crippen molar-refractivity contribution in [1.82, 2.24) is 14.9 Å². The highest BCUT2D eigenvalue weighted by Gasteiger charge is 2.34. The van der Waals surface area contributed by atoms with E-state index in [4.69, 9.17) is 4.98 Å². The van der Waals surface area contributed by atoms with Gasteiger partial charge in [-0.25, -0.2) is 4.98 Å². The highest BCUT2D eigenvalue weighted by molar-refractivity contribution is 7.14. The summed E-state index contributed by atoms with van der Waals surface area (Å²) in [5.41, 5.74) is 3.14. The second-order valence-electron chi connectivity index (χ2n) is 9.58. The first-order valence-electron chi connectivity index (χ1n) is 12.8. The molecule has 5 rings (SSSR count). The molecule has 184 valence electrons. The van der Waals surface area contributed by atoms with Crippen molar-refractivity contribution in [1.29, 1.82) is 0 Å². The quantitative estimate of drug-likeness (QED) is 0.259.